The average Bonchev–Trinajstić information content (AvgIpc) is 2.53. The van der Waals surface area contributed by atoms with Gasteiger partial charge in [0.25, 0.3) is 0 Å². The van der Waals surface area contributed by atoms with E-state index in [9.17, 15) is 9.90 Å². The molecule has 0 aromatic heterocycles. The highest BCUT2D eigenvalue weighted by Crippen LogP contribution is 2.48. The summed E-state index contributed by atoms with van der Waals surface area (Å²) in [6, 6.07) is 0. The van der Waals surface area contributed by atoms with Crippen molar-refractivity contribution in [3.63, 3.8) is 0 Å². The predicted octanol–water partition coefficient (Wildman–Crippen LogP) is 3.92. The van der Waals surface area contributed by atoms with Crippen molar-refractivity contribution in [2.24, 2.45) is 11.3 Å². The molecule has 116 valence electrons. The fourth-order valence-electron chi connectivity index (χ4n) is 5.01. The van der Waals surface area contributed by atoms with E-state index in [-0.39, 0.29) is 11.0 Å². The first-order valence-corrected chi connectivity index (χ1v) is 8.30. The molecular formula is C17H31NO2. The number of likely N-dealkylation sites (tertiary alicyclic amines) is 1. The molecule has 0 spiro atoms. The first-order chi connectivity index (χ1) is 9.33. The molecule has 2 atom stereocenters. The molecule has 0 aromatic carbocycles. The van der Waals surface area contributed by atoms with Gasteiger partial charge in [-0.05, 0) is 56.5 Å². The second kappa shape index (κ2) is 6.05. The molecule has 2 rings (SSSR count). The zero-order chi connectivity index (χ0) is 14.8. The number of aliphatic carboxylic acids is 1. The lowest BCUT2D eigenvalue weighted by Gasteiger charge is -2.53. The Labute approximate surface area is 123 Å². The van der Waals surface area contributed by atoms with Crippen molar-refractivity contribution in [2.45, 2.75) is 77.7 Å². The molecule has 3 heteroatoms. The van der Waals surface area contributed by atoms with Crippen LogP contribution in [0, 0.1) is 11.3 Å². The maximum Gasteiger partial charge on any atom is 0.305 e. The number of carboxylic acids is 1. The smallest absolute Gasteiger partial charge is 0.305 e. The van der Waals surface area contributed by atoms with Crippen LogP contribution in [0.5, 0.6) is 0 Å². The van der Waals surface area contributed by atoms with Gasteiger partial charge >= 0.3 is 5.97 Å². The molecule has 0 amide bonds. The Hall–Kier alpha value is -0.570. The molecular weight excluding hydrogens is 250 g/mol. The lowest BCUT2D eigenvalue weighted by Crippen LogP contribution is -2.56. The van der Waals surface area contributed by atoms with Crippen LogP contribution in [0.1, 0.15) is 72.1 Å². The van der Waals surface area contributed by atoms with E-state index in [1.54, 1.807) is 0 Å². The van der Waals surface area contributed by atoms with E-state index in [1.165, 1.54) is 32.1 Å². The highest BCUT2D eigenvalue weighted by Gasteiger charge is 2.47. The van der Waals surface area contributed by atoms with Gasteiger partial charge in [0.1, 0.15) is 0 Å². The van der Waals surface area contributed by atoms with Crippen molar-refractivity contribution in [3.8, 4) is 0 Å². The standard InChI is InChI=1S/C17H31NO2/c1-14-10-16(2,3)13-17(11-14,12-15(19)20)18-8-6-4-5-7-9-18/h14H,4-13H2,1-3H3,(H,19,20). The molecule has 1 saturated heterocycles. The molecule has 1 aliphatic heterocycles. The number of carboxylic acid groups (broad SMARTS) is 1. The number of rotatable bonds is 3. The molecule has 2 aliphatic rings. The van der Waals surface area contributed by atoms with Crippen molar-refractivity contribution in [1.29, 1.82) is 0 Å². The normalized spacial score (nSPS) is 35.5. The van der Waals surface area contributed by atoms with Crippen molar-refractivity contribution in [1.82, 2.24) is 4.90 Å². The molecule has 0 aromatic rings. The van der Waals surface area contributed by atoms with E-state index < -0.39 is 5.97 Å². The quantitative estimate of drug-likeness (QED) is 0.852. The summed E-state index contributed by atoms with van der Waals surface area (Å²) in [6.45, 7) is 9.12. The van der Waals surface area contributed by atoms with E-state index in [2.05, 4.69) is 25.7 Å². The van der Waals surface area contributed by atoms with Gasteiger partial charge in [0.2, 0.25) is 0 Å². The minimum Gasteiger partial charge on any atom is -0.481 e. The van der Waals surface area contributed by atoms with Gasteiger partial charge in [0.05, 0.1) is 6.42 Å². The highest BCUT2D eigenvalue weighted by atomic mass is 16.4. The van der Waals surface area contributed by atoms with Crippen molar-refractivity contribution < 1.29 is 9.90 Å². The van der Waals surface area contributed by atoms with Crippen LogP contribution in [0.25, 0.3) is 0 Å². The molecule has 2 unspecified atom stereocenters. The van der Waals surface area contributed by atoms with Crippen molar-refractivity contribution in [3.05, 3.63) is 0 Å². The summed E-state index contributed by atoms with van der Waals surface area (Å²) < 4.78 is 0. The first kappa shape index (κ1) is 15.8. The molecule has 1 heterocycles. The Kier molecular flexibility index (Phi) is 4.78. The van der Waals surface area contributed by atoms with Gasteiger partial charge in [0, 0.05) is 5.54 Å². The van der Waals surface area contributed by atoms with Crippen LogP contribution in [0.4, 0.5) is 0 Å². The number of hydrogen-bond donors (Lipinski definition) is 1. The maximum atomic E-state index is 11.5. The number of hydrogen-bond acceptors (Lipinski definition) is 2. The Bertz CT molecular complexity index is 345. The Balaban J connectivity index is 2.25. The van der Waals surface area contributed by atoms with Crippen LogP contribution in [0.2, 0.25) is 0 Å². The van der Waals surface area contributed by atoms with E-state index in [0.717, 1.165) is 25.9 Å². The highest BCUT2D eigenvalue weighted by molar-refractivity contribution is 5.68. The van der Waals surface area contributed by atoms with Gasteiger partial charge in [-0.3, -0.25) is 9.69 Å². The predicted molar refractivity (Wildman–Crippen MR) is 81.8 cm³/mol. The summed E-state index contributed by atoms with van der Waals surface area (Å²) >= 11 is 0. The van der Waals surface area contributed by atoms with Gasteiger partial charge in [-0.2, -0.15) is 0 Å². The van der Waals surface area contributed by atoms with Crippen LogP contribution in [-0.2, 0) is 4.79 Å². The second-order valence-electron chi connectivity index (χ2n) is 8.05. The maximum absolute atomic E-state index is 11.5. The zero-order valence-electron chi connectivity index (χ0n) is 13.5. The van der Waals surface area contributed by atoms with Crippen molar-refractivity contribution in [2.75, 3.05) is 13.1 Å². The third-order valence-corrected chi connectivity index (χ3v) is 5.19. The van der Waals surface area contributed by atoms with Gasteiger partial charge in [0.15, 0.2) is 0 Å². The Morgan fingerprint density at radius 2 is 1.75 bits per heavy atom. The largest absolute Gasteiger partial charge is 0.481 e. The van der Waals surface area contributed by atoms with Crippen LogP contribution in [0.3, 0.4) is 0 Å². The third-order valence-electron chi connectivity index (χ3n) is 5.19. The average molecular weight is 281 g/mol. The second-order valence-corrected chi connectivity index (χ2v) is 8.05. The zero-order valence-corrected chi connectivity index (χ0v) is 13.5. The van der Waals surface area contributed by atoms with Crippen LogP contribution >= 0.6 is 0 Å². The number of carbonyl (C=O) groups is 1. The van der Waals surface area contributed by atoms with Crippen LogP contribution in [0.15, 0.2) is 0 Å². The molecule has 1 aliphatic carbocycles. The summed E-state index contributed by atoms with van der Waals surface area (Å²) in [6.07, 6.45) is 8.71. The minimum absolute atomic E-state index is 0.0999. The lowest BCUT2D eigenvalue weighted by atomic mass is 9.62. The fraction of sp³-hybridized carbons (Fsp3) is 0.941. The molecule has 1 saturated carbocycles. The number of nitrogens with zero attached hydrogens (tertiary/aromatic N) is 1. The van der Waals surface area contributed by atoms with Crippen LogP contribution < -0.4 is 0 Å². The monoisotopic (exact) mass is 281 g/mol. The van der Waals surface area contributed by atoms with E-state index in [1.807, 2.05) is 0 Å². The minimum atomic E-state index is -0.626. The fourth-order valence-corrected chi connectivity index (χ4v) is 5.01. The molecule has 0 bridgehead atoms. The Morgan fingerprint density at radius 1 is 1.15 bits per heavy atom. The van der Waals surface area contributed by atoms with Gasteiger partial charge < -0.3 is 5.11 Å². The lowest BCUT2D eigenvalue weighted by molar-refractivity contribution is -0.143. The van der Waals surface area contributed by atoms with Crippen molar-refractivity contribution >= 4 is 5.97 Å². The first-order valence-electron chi connectivity index (χ1n) is 8.30. The van der Waals surface area contributed by atoms with Gasteiger partial charge in [-0.25, -0.2) is 0 Å². The molecule has 1 N–H and O–H groups in total. The summed E-state index contributed by atoms with van der Waals surface area (Å²) in [4.78, 5) is 14.0. The molecule has 0 radical (unpaired) electrons. The SMILES string of the molecule is CC1CC(C)(C)CC(CC(=O)O)(N2CCCCCC2)C1. The topological polar surface area (TPSA) is 40.5 Å². The van der Waals surface area contributed by atoms with Crippen LogP contribution in [-0.4, -0.2) is 34.6 Å². The van der Waals surface area contributed by atoms with Gasteiger partial charge in [-0.15, -0.1) is 0 Å². The Morgan fingerprint density at radius 3 is 2.25 bits per heavy atom. The van der Waals surface area contributed by atoms with Gasteiger partial charge in [-0.1, -0.05) is 33.6 Å². The van der Waals surface area contributed by atoms with E-state index in [4.69, 9.17) is 0 Å². The summed E-state index contributed by atoms with van der Waals surface area (Å²) in [7, 11) is 0. The summed E-state index contributed by atoms with van der Waals surface area (Å²) in [5.74, 6) is 0.000463. The third kappa shape index (κ3) is 3.75. The summed E-state index contributed by atoms with van der Waals surface area (Å²) in [5, 5.41) is 9.46. The van der Waals surface area contributed by atoms with E-state index >= 15 is 0 Å². The summed E-state index contributed by atoms with van der Waals surface area (Å²) in [5.41, 5.74) is 0.163. The molecule has 3 nitrogen and oxygen atoms in total. The molecule has 2 fully saturated rings. The molecule has 20 heavy (non-hydrogen) atoms. The van der Waals surface area contributed by atoms with E-state index in [0.29, 0.717) is 12.3 Å².